The van der Waals surface area contributed by atoms with Crippen LogP contribution in [-0.4, -0.2) is 16.7 Å². The third kappa shape index (κ3) is 2.72. The number of benzene rings is 2. The number of allylic oxidation sites excluding steroid dienone is 1. The molecular formula is C19H15FN2O2. The lowest BCUT2D eigenvalue weighted by Crippen LogP contribution is -2.11. The minimum Gasteiger partial charge on any atom is -0.366 e. The predicted octanol–water partition coefficient (Wildman–Crippen LogP) is 3.37. The first-order chi connectivity index (χ1) is 11.5. The van der Waals surface area contributed by atoms with Crippen molar-refractivity contribution in [3.8, 4) is 11.1 Å². The second-order valence-electron chi connectivity index (χ2n) is 5.44. The zero-order valence-corrected chi connectivity index (χ0v) is 12.8. The summed E-state index contributed by atoms with van der Waals surface area (Å²) in [6.07, 6.45) is 2.85. The Morgan fingerprint density at radius 1 is 1.21 bits per heavy atom. The molecule has 5 heteroatoms. The first-order valence-electron chi connectivity index (χ1n) is 7.35. The normalized spacial score (nSPS) is 10.7. The zero-order valence-electron chi connectivity index (χ0n) is 12.8. The molecule has 1 heterocycles. The number of fused-ring (bicyclic) bond motifs is 1. The molecule has 0 radical (unpaired) electrons. The van der Waals surface area contributed by atoms with E-state index in [1.165, 1.54) is 12.1 Å². The van der Waals surface area contributed by atoms with Crippen LogP contribution in [0.1, 0.15) is 15.9 Å². The molecule has 120 valence electrons. The number of halogens is 1. The molecule has 0 unspecified atom stereocenters. The summed E-state index contributed by atoms with van der Waals surface area (Å²) >= 11 is 0. The number of H-pyrrole nitrogens is 1. The second kappa shape index (κ2) is 6.12. The summed E-state index contributed by atoms with van der Waals surface area (Å²) in [7, 11) is 0. The molecule has 4 nitrogen and oxygen atoms in total. The number of hydrogen-bond donors (Lipinski definition) is 2. The van der Waals surface area contributed by atoms with Crippen molar-refractivity contribution in [1.29, 1.82) is 0 Å². The van der Waals surface area contributed by atoms with E-state index in [0.717, 1.165) is 16.5 Å². The highest BCUT2D eigenvalue weighted by Gasteiger charge is 2.14. The number of rotatable bonds is 5. The molecule has 3 rings (SSSR count). The van der Waals surface area contributed by atoms with E-state index in [9.17, 15) is 14.0 Å². The number of carbonyl (C=O) groups is 2. The van der Waals surface area contributed by atoms with Gasteiger partial charge in [-0.25, -0.2) is 4.39 Å². The van der Waals surface area contributed by atoms with Crippen LogP contribution in [0.25, 0.3) is 22.0 Å². The Morgan fingerprint density at radius 3 is 2.71 bits per heavy atom. The molecule has 0 aliphatic carbocycles. The maximum atomic E-state index is 14.0. The molecule has 0 aliphatic rings. The molecule has 0 saturated carbocycles. The fourth-order valence-corrected chi connectivity index (χ4v) is 2.75. The molecule has 0 spiro atoms. The van der Waals surface area contributed by atoms with E-state index in [4.69, 9.17) is 5.73 Å². The van der Waals surface area contributed by atoms with Crippen LogP contribution in [0.5, 0.6) is 0 Å². The van der Waals surface area contributed by atoms with Crippen molar-refractivity contribution in [2.75, 3.05) is 0 Å². The van der Waals surface area contributed by atoms with E-state index in [0.29, 0.717) is 16.6 Å². The molecule has 0 saturated heterocycles. The minimum atomic E-state index is -0.523. The van der Waals surface area contributed by atoms with Gasteiger partial charge >= 0.3 is 0 Å². The fraction of sp³-hybridized carbons (Fsp3) is 0.0526. The largest absolute Gasteiger partial charge is 0.366 e. The monoisotopic (exact) mass is 322 g/mol. The van der Waals surface area contributed by atoms with Crippen molar-refractivity contribution in [3.05, 3.63) is 72.2 Å². The Morgan fingerprint density at radius 2 is 2.00 bits per heavy atom. The number of aromatic amines is 1. The molecular weight excluding hydrogens is 307 g/mol. The van der Waals surface area contributed by atoms with Gasteiger partial charge in [0.1, 0.15) is 5.82 Å². The Kier molecular flexibility index (Phi) is 4.00. The van der Waals surface area contributed by atoms with Gasteiger partial charge in [-0.3, -0.25) is 9.59 Å². The maximum absolute atomic E-state index is 14.0. The van der Waals surface area contributed by atoms with Gasteiger partial charge in [-0.05, 0) is 47.0 Å². The summed E-state index contributed by atoms with van der Waals surface area (Å²) < 4.78 is 14.0. The van der Waals surface area contributed by atoms with Crippen LogP contribution in [0.15, 0.2) is 55.3 Å². The first kappa shape index (κ1) is 15.7. The van der Waals surface area contributed by atoms with Crippen molar-refractivity contribution in [2.24, 2.45) is 5.73 Å². The fourth-order valence-electron chi connectivity index (χ4n) is 2.75. The topological polar surface area (TPSA) is 76.0 Å². The van der Waals surface area contributed by atoms with Crippen LogP contribution < -0.4 is 5.73 Å². The van der Waals surface area contributed by atoms with Gasteiger partial charge in [0.2, 0.25) is 0 Å². The summed E-state index contributed by atoms with van der Waals surface area (Å²) in [5.41, 5.74) is 8.29. The van der Waals surface area contributed by atoms with Gasteiger partial charge in [-0.15, -0.1) is 0 Å². The number of primary amides is 1. The number of hydrogen-bond acceptors (Lipinski definition) is 2. The number of aromatic nitrogens is 1. The second-order valence-corrected chi connectivity index (χ2v) is 5.44. The van der Waals surface area contributed by atoms with Crippen LogP contribution in [0.4, 0.5) is 4.39 Å². The van der Waals surface area contributed by atoms with Gasteiger partial charge in [-0.2, -0.15) is 0 Å². The van der Waals surface area contributed by atoms with Gasteiger partial charge in [0.05, 0.1) is 11.1 Å². The molecule has 0 atom stereocenters. The molecule has 0 fully saturated rings. The van der Waals surface area contributed by atoms with Crippen molar-refractivity contribution < 1.29 is 14.0 Å². The molecule has 0 bridgehead atoms. The van der Waals surface area contributed by atoms with Crippen LogP contribution >= 0.6 is 0 Å². The lowest BCUT2D eigenvalue weighted by Gasteiger charge is -2.09. The molecule has 2 aromatic carbocycles. The number of amides is 1. The highest BCUT2D eigenvalue weighted by molar-refractivity contribution is 6.09. The van der Waals surface area contributed by atoms with Gasteiger partial charge in [0, 0.05) is 18.0 Å². The summed E-state index contributed by atoms with van der Waals surface area (Å²) in [6.45, 7) is 3.41. The highest BCUT2D eigenvalue weighted by Crippen LogP contribution is 2.31. The van der Waals surface area contributed by atoms with Crippen molar-refractivity contribution in [3.63, 3.8) is 0 Å². The number of ketones is 1. The van der Waals surface area contributed by atoms with E-state index < -0.39 is 11.7 Å². The van der Waals surface area contributed by atoms with Crippen molar-refractivity contribution in [1.82, 2.24) is 4.98 Å². The highest BCUT2D eigenvalue weighted by atomic mass is 19.1. The van der Waals surface area contributed by atoms with Gasteiger partial charge in [0.25, 0.3) is 5.91 Å². The summed E-state index contributed by atoms with van der Waals surface area (Å²) in [4.78, 5) is 26.1. The third-order valence-corrected chi connectivity index (χ3v) is 3.94. The Balaban J connectivity index is 2.14. The van der Waals surface area contributed by atoms with E-state index in [-0.39, 0.29) is 12.2 Å². The van der Waals surface area contributed by atoms with Crippen molar-refractivity contribution in [2.45, 2.75) is 6.42 Å². The summed E-state index contributed by atoms with van der Waals surface area (Å²) in [6, 6.07) is 9.85. The standard InChI is InChI=1S/C19H15FN2O2/c1-2-13(23)10-12-9-11(3-6-17(12)20)14-4-5-16(19(21)24)18-15(14)7-8-22-18/h2-9,22H,1,10H2,(H2,21,24). The maximum Gasteiger partial charge on any atom is 0.250 e. The molecule has 24 heavy (non-hydrogen) atoms. The van der Waals surface area contributed by atoms with Crippen LogP contribution in [0.2, 0.25) is 0 Å². The number of nitrogens with one attached hydrogen (secondary N) is 1. The minimum absolute atomic E-state index is 0.0428. The lowest BCUT2D eigenvalue weighted by atomic mass is 9.96. The molecule has 0 aliphatic heterocycles. The quantitative estimate of drug-likeness (QED) is 0.707. The lowest BCUT2D eigenvalue weighted by molar-refractivity contribution is -0.114. The summed E-state index contributed by atoms with van der Waals surface area (Å²) in [5.74, 6) is -1.21. The predicted molar refractivity (Wildman–Crippen MR) is 91.1 cm³/mol. The van der Waals surface area contributed by atoms with E-state index in [1.54, 1.807) is 30.5 Å². The van der Waals surface area contributed by atoms with Crippen LogP contribution in [0, 0.1) is 5.82 Å². The Hall–Kier alpha value is -3.21. The molecule has 3 aromatic rings. The number of nitrogens with two attached hydrogens (primary N) is 1. The summed E-state index contributed by atoms with van der Waals surface area (Å²) in [5, 5.41) is 0.805. The van der Waals surface area contributed by atoms with Crippen LogP contribution in [-0.2, 0) is 11.2 Å². The zero-order chi connectivity index (χ0) is 17.3. The first-order valence-corrected chi connectivity index (χ1v) is 7.35. The van der Waals surface area contributed by atoms with Gasteiger partial charge < -0.3 is 10.7 Å². The van der Waals surface area contributed by atoms with E-state index in [2.05, 4.69) is 11.6 Å². The molecule has 1 amide bonds. The SMILES string of the molecule is C=CC(=O)Cc1cc(-c2ccc(C(N)=O)c3[nH]ccc23)ccc1F. The number of carbonyl (C=O) groups excluding carboxylic acids is 2. The Labute approximate surface area is 137 Å². The van der Waals surface area contributed by atoms with Gasteiger partial charge in [-0.1, -0.05) is 18.7 Å². The average Bonchev–Trinajstić information content (AvgIpc) is 3.05. The van der Waals surface area contributed by atoms with Crippen molar-refractivity contribution >= 4 is 22.6 Å². The Bertz CT molecular complexity index is 973. The van der Waals surface area contributed by atoms with E-state index >= 15 is 0 Å². The van der Waals surface area contributed by atoms with Crippen LogP contribution in [0.3, 0.4) is 0 Å². The van der Waals surface area contributed by atoms with E-state index in [1.807, 2.05) is 6.07 Å². The third-order valence-electron chi connectivity index (χ3n) is 3.94. The molecule has 1 aromatic heterocycles. The van der Waals surface area contributed by atoms with Gasteiger partial charge in [0.15, 0.2) is 5.78 Å². The average molecular weight is 322 g/mol. The molecule has 3 N–H and O–H groups in total. The smallest absolute Gasteiger partial charge is 0.250 e.